The van der Waals surface area contributed by atoms with Gasteiger partial charge in [0.25, 0.3) is 0 Å². The van der Waals surface area contributed by atoms with Crippen LogP contribution in [0.1, 0.15) is 97.3 Å². The van der Waals surface area contributed by atoms with Crippen LogP contribution in [-0.2, 0) is 0 Å². The topological polar surface area (TPSA) is 40.5 Å². The molecule has 0 aromatic rings. The zero-order valence-corrected chi connectivity index (χ0v) is 18.3. The van der Waals surface area contributed by atoms with Gasteiger partial charge in [-0.25, -0.2) is 0 Å². The maximum Gasteiger partial charge on any atom is 0.142 e. The minimum absolute atomic E-state index is 0.0248. The SMILES string of the molecule is CCCCCCCCCCCCC/C=C/[C@@H](O)[C@H](CO)[N+](C)(C)CCC. The van der Waals surface area contributed by atoms with Crippen LogP contribution in [0.15, 0.2) is 12.2 Å². The van der Waals surface area contributed by atoms with E-state index in [1.54, 1.807) is 0 Å². The normalized spacial score (nSPS) is 14.8. The zero-order valence-electron chi connectivity index (χ0n) is 18.3. The maximum absolute atomic E-state index is 10.4. The quantitative estimate of drug-likeness (QED) is 0.191. The molecule has 0 bridgehead atoms. The van der Waals surface area contributed by atoms with Crippen LogP contribution in [0.5, 0.6) is 0 Å². The molecule has 0 aromatic heterocycles. The van der Waals surface area contributed by atoms with Gasteiger partial charge in [-0.15, -0.1) is 0 Å². The molecule has 0 aliphatic rings. The van der Waals surface area contributed by atoms with Crippen LogP contribution < -0.4 is 0 Å². The van der Waals surface area contributed by atoms with Gasteiger partial charge in [0.05, 0.1) is 27.2 Å². The smallest absolute Gasteiger partial charge is 0.142 e. The van der Waals surface area contributed by atoms with E-state index in [1.165, 1.54) is 70.6 Å². The first-order valence-corrected chi connectivity index (χ1v) is 11.3. The Morgan fingerprint density at radius 2 is 1.27 bits per heavy atom. The lowest BCUT2D eigenvalue weighted by atomic mass is 10.0. The highest BCUT2D eigenvalue weighted by atomic mass is 16.3. The number of quaternary nitrogens is 1. The zero-order chi connectivity index (χ0) is 19.7. The summed E-state index contributed by atoms with van der Waals surface area (Å²) in [5, 5.41) is 20.0. The molecule has 3 heteroatoms. The lowest BCUT2D eigenvalue weighted by Gasteiger charge is -2.38. The number of aliphatic hydroxyl groups excluding tert-OH is 2. The summed E-state index contributed by atoms with van der Waals surface area (Å²) in [5.74, 6) is 0. The second kappa shape index (κ2) is 16.8. The fraction of sp³-hybridized carbons (Fsp3) is 0.913. The largest absolute Gasteiger partial charge is 0.390 e. The highest BCUT2D eigenvalue weighted by molar-refractivity contribution is 4.92. The lowest BCUT2D eigenvalue weighted by Crippen LogP contribution is -2.56. The Kier molecular flexibility index (Phi) is 16.5. The van der Waals surface area contributed by atoms with Crippen LogP contribution in [0.25, 0.3) is 0 Å². The monoisotopic (exact) mass is 370 g/mol. The van der Waals surface area contributed by atoms with Gasteiger partial charge in [0.15, 0.2) is 0 Å². The van der Waals surface area contributed by atoms with Crippen molar-refractivity contribution in [2.24, 2.45) is 0 Å². The van der Waals surface area contributed by atoms with Gasteiger partial charge in [0.1, 0.15) is 12.1 Å². The minimum atomic E-state index is -0.561. The predicted octanol–water partition coefficient (Wildman–Crippen LogP) is 5.45. The fourth-order valence-electron chi connectivity index (χ4n) is 3.77. The summed E-state index contributed by atoms with van der Waals surface area (Å²) in [5.41, 5.74) is 0. The molecule has 0 aliphatic carbocycles. The molecular formula is C23H48NO2+. The molecule has 0 heterocycles. The molecule has 0 radical (unpaired) electrons. The van der Waals surface area contributed by atoms with Crippen LogP contribution in [0.4, 0.5) is 0 Å². The molecule has 0 unspecified atom stereocenters. The number of allylic oxidation sites excluding steroid dienone is 1. The first kappa shape index (κ1) is 25.6. The van der Waals surface area contributed by atoms with Gasteiger partial charge in [0, 0.05) is 0 Å². The van der Waals surface area contributed by atoms with Gasteiger partial charge < -0.3 is 14.7 Å². The van der Waals surface area contributed by atoms with Crippen molar-refractivity contribution >= 4 is 0 Å². The van der Waals surface area contributed by atoms with E-state index in [9.17, 15) is 10.2 Å². The summed E-state index contributed by atoms with van der Waals surface area (Å²) < 4.78 is 0.664. The number of likely N-dealkylation sites (N-methyl/N-ethyl adjacent to an activating group) is 1. The van der Waals surface area contributed by atoms with E-state index < -0.39 is 6.10 Å². The summed E-state index contributed by atoms with van der Waals surface area (Å²) in [6.07, 6.45) is 20.5. The van der Waals surface area contributed by atoms with Crippen molar-refractivity contribution in [3.63, 3.8) is 0 Å². The number of nitrogens with zero attached hydrogens (tertiary/aromatic N) is 1. The molecule has 0 aliphatic heterocycles. The third kappa shape index (κ3) is 12.9. The van der Waals surface area contributed by atoms with Gasteiger partial charge in [0.2, 0.25) is 0 Å². The van der Waals surface area contributed by atoms with Crippen molar-refractivity contribution < 1.29 is 14.7 Å². The van der Waals surface area contributed by atoms with E-state index in [4.69, 9.17) is 0 Å². The Morgan fingerprint density at radius 3 is 1.73 bits per heavy atom. The molecular weight excluding hydrogens is 322 g/mol. The van der Waals surface area contributed by atoms with E-state index in [2.05, 4.69) is 34.0 Å². The third-order valence-electron chi connectivity index (χ3n) is 5.59. The Bertz CT molecular complexity index is 328. The second-order valence-electron chi connectivity index (χ2n) is 8.50. The van der Waals surface area contributed by atoms with Gasteiger partial charge in [-0.2, -0.15) is 0 Å². The predicted molar refractivity (Wildman–Crippen MR) is 114 cm³/mol. The van der Waals surface area contributed by atoms with Crippen LogP contribution in [-0.4, -0.2) is 54.1 Å². The molecule has 3 nitrogen and oxygen atoms in total. The Hall–Kier alpha value is -0.380. The van der Waals surface area contributed by atoms with E-state index in [0.717, 1.165) is 19.4 Å². The van der Waals surface area contributed by atoms with Crippen LogP contribution in [0.2, 0.25) is 0 Å². The molecule has 0 amide bonds. The summed E-state index contributed by atoms with van der Waals surface area (Å²) in [4.78, 5) is 0. The van der Waals surface area contributed by atoms with Gasteiger partial charge in [-0.1, -0.05) is 90.2 Å². The van der Waals surface area contributed by atoms with Gasteiger partial charge in [-0.3, -0.25) is 0 Å². The molecule has 0 saturated carbocycles. The number of unbranched alkanes of at least 4 members (excludes halogenated alkanes) is 11. The lowest BCUT2D eigenvalue weighted by molar-refractivity contribution is -0.918. The van der Waals surface area contributed by atoms with Crippen LogP contribution >= 0.6 is 0 Å². The Labute approximate surface area is 164 Å². The molecule has 2 N–H and O–H groups in total. The van der Waals surface area contributed by atoms with Crippen molar-refractivity contribution in [2.45, 2.75) is 109 Å². The molecule has 0 fully saturated rings. The van der Waals surface area contributed by atoms with E-state index in [0.29, 0.717) is 4.48 Å². The summed E-state index contributed by atoms with van der Waals surface area (Å²) in [7, 11) is 4.18. The number of aliphatic hydroxyl groups is 2. The summed E-state index contributed by atoms with van der Waals surface area (Å²) in [6.45, 7) is 5.40. The highest BCUT2D eigenvalue weighted by Gasteiger charge is 2.31. The second-order valence-corrected chi connectivity index (χ2v) is 8.50. The average molecular weight is 371 g/mol. The standard InChI is InChI=1S/C23H48NO2/c1-5-7-8-9-10-11-12-13-14-15-16-17-18-19-23(26)22(21-25)24(3,4)20-6-2/h18-19,22-23,25-26H,5-17,20-21H2,1-4H3/q+1/b19-18+/t22-,23+/m0/s1. The Morgan fingerprint density at radius 1 is 0.769 bits per heavy atom. The molecule has 0 rings (SSSR count). The number of rotatable bonds is 18. The van der Waals surface area contributed by atoms with Gasteiger partial charge >= 0.3 is 0 Å². The van der Waals surface area contributed by atoms with E-state index >= 15 is 0 Å². The highest BCUT2D eigenvalue weighted by Crippen LogP contribution is 2.15. The number of hydrogen-bond donors (Lipinski definition) is 2. The minimum Gasteiger partial charge on any atom is -0.390 e. The number of hydrogen-bond acceptors (Lipinski definition) is 2. The molecule has 26 heavy (non-hydrogen) atoms. The summed E-state index contributed by atoms with van der Waals surface area (Å²) in [6, 6.07) is -0.136. The first-order chi connectivity index (χ1) is 12.5. The van der Waals surface area contributed by atoms with E-state index in [-0.39, 0.29) is 12.6 Å². The van der Waals surface area contributed by atoms with Crippen molar-refractivity contribution in [3.05, 3.63) is 12.2 Å². The third-order valence-corrected chi connectivity index (χ3v) is 5.59. The van der Waals surface area contributed by atoms with Crippen LogP contribution in [0, 0.1) is 0 Å². The van der Waals surface area contributed by atoms with Crippen molar-refractivity contribution in [3.8, 4) is 0 Å². The molecule has 2 atom stereocenters. The van der Waals surface area contributed by atoms with Crippen LogP contribution in [0.3, 0.4) is 0 Å². The molecule has 156 valence electrons. The fourth-order valence-corrected chi connectivity index (χ4v) is 3.77. The van der Waals surface area contributed by atoms with Crippen molar-refractivity contribution in [1.82, 2.24) is 0 Å². The molecule has 0 spiro atoms. The van der Waals surface area contributed by atoms with Gasteiger partial charge in [-0.05, 0) is 19.3 Å². The van der Waals surface area contributed by atoms with Crippen molar-refractivity contribution in [2.75, 3.05) is 27.2 Å². The first-order valence-electron chi connectivity index (χ1n) is 11.3. The molecule has 0 aromatic carbocycles. The summed E-state index contributed by atoms with van der Waals surface area (Å²) >= 11 is 0. The average Bonchev–Trinajstić information content (AvgIpc) is 2.59. The molecule has 0 saturated heterocycles. The maximum atomic E-state index is 10.4. The van der Waals surface area contributed by atoms with Crippen molar-refractivity contribution in [1.29, 1.82) is 0 Å². The Balaban J connectivity index is 3.70. The van der Waals surface area contributed by atoms with E-state index in [1.807, 2.05) is 6.08 Å².